The van der Waals surface area contributed by atoms with Crippen molar-refractivity contribution in [3.8, 4) is 0 Å². The SMILES string of the molecule is CC[C@@H](C)Cc1c(C)sc2nc(SCC(=O)NCC(=O)NC)[nH]c(=O)c12. The predicted molar refractivity (Wildman–Crippen MR) is 106 cm³/mol. The number of H-pyrrole nitrogens is 1. The smallest absolute Gasteiger partial charge is 0.260 e. The summed E-state index contributed by atoms with van der Waals surface area (Å²) in [6.45, 7) is 6.26. The maximum atomic E-state index is 12.5. The summed E-state index contributed by atoms with van der Waals surface area (Å²) < 4.78 is 0. The van der Waals surface area contributed by atoms with Gasteiger partial charge in [0.1, 0.15) is 4.83 Å². The van der Waals surface area contributed by atoms with Gasteiger partial charge in [-0.1, -0.05) is 32.0 Å². The number of aromatic amines is 1. The van der Waals surface area contributed by atoms with E-state index in [4.69, 9.17) is 0 Å². The molecule has 0 aliphatic rings. The van der Waals surface area contributed by atoms with Crippen LogP contribution in [0.2, 0.25) is 0 Å². The lowest BCUT2D eigenvalue weighted by Crippen LogP contribution is -2.36. The molecule has 3 N–H and O–H groups in total. The fraction of sp³-hybridized carbons (Fsp3) is 0.529. The van der Waals surface area contributed by atoms with Crippen molar-refractivity contribution in [2.24, 2.45) is 5.92 Å². The van der Waals surface area contributed by atoms with Gasteiger partial charge in [-0.05, 0) is 24.8 Å². The van der Waals surface area contributed by atoms with Gasteiger partial charge in [0.25, 0.3) is 5.56 Å². The first-order chi connectivity index (χ1) is 12.3. The summed E-state index contributed by atoms with van der Waals surface area (Å²) in [6, 6.07) is 0. The first-order valence-electron chi connectivity index (χ1n) is 8.48. The van der Waals surface area contributed by atoms with Gasteiger partial charge in [-0.15, -0.1) is 11.3 Å². The van der Waals surface area contributed by atoms with Crippen molar-refractivity contribution in [2.75, 3.05) is 19.3 Å². The number of carbonyl (C=O) groups excluding carboxylic acids is 2. The summed E-state index contributed by atoms with van der Waals surface area (Å²) in [5, 5.41) is 6.01. The fourth-order valence-corrected chi connectivity index (χ4v) is 4.22. The van der Waals surface area contributed by atoms with Crippen molar-refractivity contribution in [1.82, 2.24) is 20.6 Å². The minimum Gasteiger partial charge on any atom is -0.358 e. The first-order valence-corrected chi connectivity index (χ1v) is 10.3. The van der Waals surface area contributed by atoms with E-state index < -0.39 is 0 Å². The van der Waals surface area contributed by atoms with E-state index in [0.29, 0.717) is 21.3 Å². The van der Waals surface area contributed by atoms with Crippen LogP contribution in [0.25, 0.3) is 10.2 Å². The molecule has 2 heterocycles. The molecule has 2 aromatic rings. The molecule has 2 amide bonds. The molecule has 7 nitrogen and oxygen atoms in total. The van der Waals surface area contributed by atoms with Crippen LogP contribution < -0.4 is 16.2 Å². The van der Waals surface area contributed by atoms with Crippen LogP contribution >= 0.6 is 23.1 Å². The number of aryl methyl sites for hydroxylation is 1. The van der Waals surface area contributed by atoms with Gasteiger partial charge in [-0.3, -0.25) is 14.4 Å². The zero-order valence-electron chi connectivity index (χ0n) is 15.4. The second-order valence-electron chi connectivity index (χ2n) is 6.14. The third kappa shape index (κ3) is 5.07. The van der Waals surface area contributed by atoms with Gasteiger partial charge in [0, 0.05) is 11.9 Å². The number of nitrogens with one attached hydrogen (secondary N) is 3. The van der Waals surface area contributed by atoms with Gasteiger partial charge in [-0.2, -0.15) is 0 Å². The molecule has 142 valence electrons. The lowest BCUT2D eigenvalue weighted by atomic mass is 9.98. The Morgan fingerprint density at radius 3 is 2.73 bits per heavy atom. The number of thioether (sulfide) groups is 1. The average Bonchev–Trinajstić information content (AvgIpc) is 2.93. The number of hydrogen-bond acceptors (Lipinski definition) is 6. The van der Waals surface area contributed by atoms with Crippen molar-refractivity contribution >= 4 is 45.1 Å². The van der Waals surface area contributed by atoms with Crippen LogP contribution in [0.4, 0.5) is 0 Å². The van der Waals surface area contributed by atoms with Crippen LogP contribution in [-0.2, 0) is 16.0 Å². The molecule has 2 rings (SSSR count). The largest absolute Gasteiger partial charge is 0.358 e. The summed E-state index contributed by atoms with van der Waals surface area (Å²) in [6.07, 6.45) is 1.92. The molecule has 0 fully saturated rings. The highest BCUT2D eigenvalue weighted by molar-refractivity contribution is 7.99. The molecule has 0 aromatic carbocycles. The van der Waals surface area contributed by atoms with Crippen molar-refractivity contribution < 1.29 is 9.59 Å². The van der Waals surface area contributed by atoms with E-state index in [1.54, 1.807) is 0 Å². The Balaban J connectivity index is 2.13. The van der Waals surface area contributed by atoms with E-state index in [9.17, 15) is 14.4 Å². The maximum Gasteiger partial charge on any atom is 0.260 e. The molecule has 9 heteroatoms. The average molecular weight is 397 g/mol. The minimum absolute atomic E-state index is 0.0675. The second kappa shape index (κ2) is 9.18. The highest BCUT2D eigenvalue weighted by Gasteiger charge is 2.17. The molecule has 0 radical (unpaired) electrons. The molecule has 0 saturated carbocycles. The summed E-state index contributed by atoms with van der Waals surface area (Å²) >= 11 is 2.66. The maximum absolute atomic E-state index is 12.5. The summed E-state index contributed by atoms with van der Waals surface area (Å²) in [4.78, 5) is 44.5. The van der Waals surface area contributed by atoms with E-state index in [-0.39, 0.29) is 29.7 Å². The van der Waals surface area contributed by atoms with Gasteiger partial charge in [0.2, 0.25) is 11.8 Å². The number of rotatable bonds is 8. The Bertz CT molecular complexity index is 860. The minimum atomic E-state index is -0.291. The third-order valence-corrected chi connectivity index (χ3v) is 6.07. The molecular weight excluding hydrogens is 372 g/mol. The molecule has 0 spiro atoms. The molecule has 2 aromatic heterocycles. The van der Waals surface area contributed by atoms with Gasteiger partial charge >= 0.3 is 0 Å². The summed E-state index contributed by atoms with van der Waals surface area (Å²) in [7, 11) is 1.51. The highest BCUT2D eigenvalue weighted by Crippen LogP contribution is 2.30. The zero-order chi connectivity index (χ0) is 19.3. The van der Waals surface area contributed by atoms with E-state index >= 15 is 0 Å². The van der Waals surface area contributed by atoms with Crippen molar-refractivity contribution in [3.63, 3.8) is 0 Å². The number of aromatic nitrogens is 2. The van der Waals surface area contributed by atoms with Crippen LogP contribution in [0, 0.1) is 12.8 Å². The molecule has 0 saturated heterocycles. The van der Waals surface area contributed by atoms with E-state index in [0.717, 1.165) is 35.0 Å². The number of thiophene rings is 1. The molecule has 0 bridgehead atoms. The number of fused-ring (bicyclic) bond motifs is 1. The fourth-order valence-electron chi connectivity index (χ4n) is 2.41. The lowest BCUT2D eigenvalue weighted by Gasteiger charge is -2.08. The van der Waals surface area contributed by atoms with Gasteiger partial charge in [0.05, 0.1) is 17.7 Å². The Morgan fingerprint density at radius 1 is 1.35 bits per heavy atom. The van der Waals surface area contributed by atoms with Crippen LogP contribution in [-0.4, -0.2) is 41.1 Å². The number of likely N-dealkylation sites (N-methyl/N-ethyl adjacent to an activating group) is 1. The van der Waals surface area contributed by atoms with Crippen LogP contribution in [0.15, 0.2) is 9.95 Å². The first kappa shape index (κ1) is 20.4. The molecule has 26 heavy (non-hydrogen) atoms. The standard InChI is InChI=1S/C17H24N4O3S2/c1-5-9(2)6-11-10(3)26-16-14(11)15(24)20-17(21-16)25-8-13(23)19-7-12(22)18-4/h9H,5-8H2,1-4H3,(H,18,22)(H,19,23)(H,20,21,24)/t9-/m1/s1. The Morgan fingerprint density at radius 2 is 2.08 bits per heavy atom. The molecular formula is C17H24N4O3S2. The van der Waals surface area contributed by atoms with Gasteiger partial charge in [-0.25, -0.2) is 4.98 Å². The Labute approximate surface area is 160 Å². The molecule has 0 aliphatic heterocycles. The van der Waals surface area contributed by atoms with Gasteiger partial charge < -0.3 is 15.6 Å². The quantitative estimate of drug-likeness (QED) is 0.467. The Hall–Kier alpha value is -1.87. The summed E-state index contributed by atoms with van der Waals surface area (Å²) in [5.74, 6) is 0.0273. The van der Waals surface area contributed by atoms with Crippen molar-refractivity contribution in [3.05, 3.63) is 20.8 Å². The van der Waals surface area contributed by atoms with Gasteiger partial charge in [0.15, 0.2) is 5.16 Å². The lowest BCUT2D eigenvalue weighted by molar-refractivity contribution is -0.124. The predicted octanol–water partition coefficient (Wildman–Crippen LogP) is 1.84. The Kier molecular flexibility index (Phi) is 7.22. The normalized spacial score (nSPS) is 12.2. The van der Waals surface area contributed by atoms with Crippen LogP contribution in [0.5, 0.6) is 0 Å². The van der Waals surface area contributed by atoms with E-state index in [1.165, 1.54) is 18.4 Å². The van der Waals surface area contributed by atoms with Crippen molar-refractivity contribution in [1.29, 1.82) is 0 Å². The highest BCUT2D eigenvalue weighted by atomic mass is 32.2. The van der Waals surface area contributed by atoms with Crippen LogP contribution in [0.1, 0.15) is 30.7 Å². The number of amides is 2. The molecule has 0 aliphatic carbocycles. The van der Waals surface area contributed by atoms with E-state index in [1.807, 2.05) is 6.92 Å². The number of nitrogens with zero attached hydrogens (tertiary/aromatic N) is 1. The summed E-state index contributed by atoms with van der Waals surface area (Å²) in [5.41, 5.74) is 0.916. The third-order valence-electron chi connectivity index (χ3n) is 4.16. The zero-order valence-corrected chi connectivity index (χ0v) is 17.0. The van der Waals surface area contributed by atoms with Crippen LogP contribution in [0.3, 0.4) is 0 Å². The topological polar surface area (TPSA) is 104 Å². The number of carbonyl (C=O) groups is 2. The molecule has 1 atom stereocenters. The van der Waals surface area contributed by atoms with Crippen molar-refractivity contribution in [2.45, 2.75) is 38.8 Å². The monoisotopic (exact) mass is 396 g/mol. The molecule has 0 unspecified atom stereocenters. The number of hydrogen-bond donors (Lipinski definition) is 3. The van der Waals surface area contributed by atoms with E-state index in [2.05, 4.69) is 34.4 Å². The second-order valence-corrected chi connectivity index (χ2v) is 8.31.